The Kier molecular flexibility index (Phi) is 40.8. The molecule has 49 heavy (non-hydrogen) atoms. The first-order valence-electron chi connectivity index (χ1n) is 22.6. The average Bonchev–Trinajstić information content (AvgIpc) is 3.10. The van der Waals surface area contributed by atoms with Crippen LogP contribution in [-0.2, 0) is 9.59 Å². The summed E-state index contributed by atoms with van der Waals surface area (Å²) in [4.78, 5) is 24.3. The molecule has 292 valence electrons. The molecule has 0 aromatic carbocycles. The highest BCUT2D eigenvalue weighted by Gasteiger charge is 2.07. The molecular weight excluding hydrogens is 602 g/mol. The fourth-order valence-electron chi connectivity index (χ4n) is 7.13. The number of amides is 1. The van der Waals surface area contributed by atoms with Gasteiger partial charge >= 0.3 is 0 Å². The standard InChI is InChI=1S/C45H89NO3/c1-3-5-7-9-11-13-15-17-19-21-23-28-32-36-40-44(48)42-46-45(49)41-37-33-29-25-24-27-31-35-39-43(47)38-34-30-26-22-20-18-16-14-12-10-8-6-4-2/h44,48H,3-42H2,1-2H3,(H,46,49)/t44-/m1/s1. The molecule has 1 atom stereocenters. The van der Waals surface area contributed by atoms with E-state index in [1.165, 1.54) is 193 Å². The van der Waals surface area contributed by atoms with Crippen molar-refractivity contribution in [3.05, 3.63) is 0 Å². The SMILES string of the molecule is CCCCCCCCCCCCCCCC[C@@H](O)CNC(=O)CCCCCCCCCCC(=O)CCCCCCCCCCCCCCC. The van der Waals surface area contributed by atoms with Gasteiger partial charge in [0, 0.05) is 25.8 Å². The van der Waals surface area contributed by atoms with Crippen LogP contribution in [0.5, 0.6) is 0 Å². The Morgan fingerprint density at radius 2 is 0.653 bits per heavy atom. The maximum absolute atomic E-state index is 12.2. The van der Waals surface area contributed by atoms with Crippen molar-refractivity contribution in [3.8, 4) is 0 Å². The van der Waals surface area contributed by atoms with E-state index in [0.29, 0.717) is 18.7 Å². The first-order valence-corrected chi connectivity index (χ1v) is 22.6. The number of carbonyl (C=O) groups is 2. The van der Waals surface area contributed by atoms with Gasteiger partial charge in [0.2, 0.25) is 5.91 Å². The Hall–Kier alpha value is -0.900. The monoisotopic (exact) mass is 692 g/mol. The van der Waals surface area contributed by atoms with E-state index in [4.69, 9.17) is 0 Å². The van der Waals surface area contributed by atoms with Crippen LogP contribution >= 0.6 is 0 Å². The highest BCUT2D eigenvalue weighted by atomic mass is 16.3. The van der Waals surface area contributed by atoms with E-state index >= 15 is 0 Å². The zero-order valence-corrected chi connectivity index (χ0v) is 33.6. The summed E-state index contributed by atoms with van der Waals surface area (Å²) >= 11 is 0. The van der Waals surface area contributed by atoms with Crippen LogP contribution in [-0.4, -0.2) is 29.4 Å². The number of unbranched alkanes of at least 4 members (excludes halogenated alkanes) is 32. The third kappa shape index (κ3) is 41.4. The topological polar surface area (TPSA) is 66.4 Å². The zero-order chi connectivity index (χ0) is 35.7. The van der Waals surface area contributed by atoms with Gasteiger partial charge in [-0.1, -0.05) is 219 Å². The molecule has 1 amide bonds. The third-order valence-corrected chi connectivity index (χ3v) is 10.6. The number of nitrogens with one attached hydrogen (secondary N) is 1. The summed E-state index contributed by atoms with van der Waals surface area (Å²) in [6.07, 6.45) is 48.1. The quantitative estimate of drug-likeness (QED) is 0.0626. The molecule has 2 N–H and O–H groups in total. The fraction of sp³-hybridized carbons (Fsp3) is 0.956. The molecule has 0 aromatic rings. The van der Waals surface area contributed by atoms with Crippen LogP contribution in [0.25, 0.3) is 0 Å². The van der Waals surface area contributed by atoms with Crippen LogP contribution in [0.4, 0.5) is 0 Å². The lowest BCUT2D eigenvalue weighted by molar-refractivity contribution is -0.121. The summed E-state index contributed by atoms with van der Waals surface area (Å²) < 4.78 is 0. The minimum absolute atomic E-state index is 0.0866. The lowest BCUT2D eigenvalue weighted by Gasteiger charge is -2.12. The summed E-state index contributed by atoms with van der Waals surface area (Å²) in [6.45, 7) is 4.96. The third-order valence-electron chi connectivity index (χ3n) is 10.6. The maximum atomic E-state index is 12.2. The van der Waals surface area contributed by atoms with Gasteiger partial charge in [-0.05, 0) is 25.7 Å². The summed E-state index contributed by atoms with van der Waals surface area (Å²) in [5.41, 5.74) is 0. The first kappa shape index (κ1) is 48.1. The van der Waals surface area contributed by atoms with E-state index in [1.54, 1.807) is 0 Å². The summed E-state index contributed by atoms with van der Waals surface area (Å²) in [7, 11) is 0. The molecular formula is C45H89NO3. The van der Waals surface area contributed by atoms with Crippen molar-refractivity contribution in [2.24, 2.45) is 0 Å². The van der Waals surface area contributed by atoms with E-state index < -0.39 is 6.10 Å². The number of hydrogen-bond acceptors (Lipinski definition) is 3. The van der Waals surface area contributed by atoms with Crippen molar-refractivity contribution in [1.82, 2.24) is 5.32 Å². The minimum atomic E-state index is -0.407. The van der Waals surface area contributed by atoms with E-state index in [0.717, 1.165) is 51.4 Å². The maximum Gasteiger partial charge on any atom is 0.220 e. The normalized spacial score (nSPS) is 12.1. The second-order valence-corrected chi connectivity index (χ2v) is 15.7. The number of Topliss-reactive ketones (excluding diaryl/α,β-unsaturated/α-hetero) is 1. The van der Waals surface area contributed by atoms with Gasteiger partial charge < -0.3 is 10.4 Å². The lowest BCUT2D eigenvalue weighted by atomic mass is 10.0. The second kappa shape index (κ2) is 41.5. The van der Waals surface area contributed by atoms with Gasteiger partial charge in [-0.25, -0.2) is 0 Å². The molecule has 4 heteroatoms. The number of rotatable bonds is 42. The van der Waals surface area contributed by atoms with Crippen molar-refractivity contribution in [2.45, 2.75) is 270 Å². The number of aliphatic hydroxyl groups excluding tert-OH is 1. The molecule has 0 spiro atoms. The van der Waals surface area contributed by atoms with Gasteiger partial charge in [0.25, 0.3) is 0 Å². The molecule has 0 aromatic heterocycles. The molecule has 0 saturated heterocycles. The Morgan fingerprint density at radius 3 is 0.980 bits per heavy atom. The summed E-state index contributed by atoms with van der Waals surface area (Å²) in [5, 5.41) is 13.2. The number of hydrogen-bond donors (Lipinski definition) is 2. The van der Waals surface area contributed by atoms with Crippen LogP contribution in [0.3, 0.4) is 0 Å². The largest absolute Gasteiger partial charge is 0.391 e. The van der Waals surface area contributed by atoms with Crippen molar-refractivity contribution in [3.63, 3.8) is 0 Å². The van der Waals surface area contributed by atoms with E-state index in [2.05, 4.69) is 19.2 Å². The molecule has 4 nitrogen and oxygen atoms in total. The van der Waals surface area contributed by atoms with Gasteiger partial charge in [0.15, 0.2) is 0 Å². The molecule has 0 unspecified atom stereocenters. The summed E-state index contributed by atoms with van der Waals surface area (Å²) in [5.74, 6) is 0.562. The Morgan fingerprint density at radius 1 is 0.388 bits per heavy atom. The predicted molar refractivity (Wildman–Crippen MR) is 215 cm³/mol. The molecule has 0 aliphatic heterocycles. The molecule has 0 saturated carbocycles. The molecule has 0 heterocycles. The van der Waals surface area contributed by atoms with Crippen molar-refractivity contribution in [2.75, 3.05) is 6.54 Å². The number of aliphatic hydroxyl groups is 1. The van der Waals surface area contributed by atoms with Crippen LogP contribution in [0.15, 0.2) is 0 Å². The highest BCUT2D eigenvalue weighted by molar-refractivity contribution is 5.78. The van der Waals surface area contributed by atoms with Crippen LogP contribution < -0.4 is 5.32 Å². The van der Waals surface area contributed by atoms with Gasteiger partial charge in [0.1, 0.15) is 5.78 Å². The highest BCUT2D eigenvalue weighted by Crippen LogP contribution is 2.16. The van der Waals surface area contributed by atoms with Crippen LogP contribution in [0.2, 0.25) is 0 Å². The van der Waals surface area contributed by atoms with Crippen molar-refractivity contribution < 1.29 is 14.7 Å². The van der Waals surface area contributed by atoms with Gasteiger partial charge in [-0.15, -0.1) is 0 Å². The smallest absolute Gasteiger partial charge is 0.220 e. The molecule has 0 bridgehead atoms. The predicted octanol–water partition coefficient (Wildman–Crippen LogP) is 14.3. The zero-order valence-electron chi connectivity index (χ0n) is 33.6. The van der Waals surface area contributed by atoms with Gasteiger partial charge in [0.05, 0.1) is 6.10 Å². The number of ketones is 1. The molecule has 0 aliphatic rings. The fourth-order valence-corrected chi connectivity index (χ4v) is 7.13. The summed E-state index contributed by atoms with van der Waals surface area (Å²) in [6, 6.07) is 0. The number of carbonyl (C=O) groups excluding carboxylic acids is 2. The van der Waals surface area contributed by atoms with Crippen molar-refractivity contribution >= 4 is 11.7 Å². The second-order valence-electron chi connectivity index (χ2n) is 15.7. The first-order chi connectivity index (χ1) is 24.1. The van der Waals surface area contributed by atoms with E-state index in [9.17, 15) is 14.7 Å². The minimum Gasteiger partial charge on any atom is -0.391 e. The average molecular weight is 692 g/mol. The van der Waals surface area contributed by atoms with Gasteiger partial charge in [-0.2, -0.15) is 0 Å². The molecule has 0 aliphatic carbocycles. The van der Waals surface area contributed by atoms with Gasteiger partial charge in [-0.3, -0.25) is 9.59 Å². The Labute approximate surface area is 307 Å². The molecule has 0 rings (SSSR count). The van der Waals surface area contributed by atoms with Crippen LogP contribution in [0.1, 0.15) is 264 Å². The Balaban J connectivity index is 3.32. The molecule has 0 fully saturated rings. The van der Waals surface area contributed by atoms with E-state index in [1.807, 2.05) is 0 Å². The van der Waals surface area contributed by atoms with Crippen LogP contribution in [0, 0.1) is 0 Å². The Bertz CT molecular complexity index is 666. The van der Waals surface area contributed by atoms with Crippen molar-refractivity contribution in [1.29, 1.82) is 0 Å². The lowest BCUT2D eigenvalue weighted by Crippen LogP contribution is -2.31. The molecule has 0 radical (unpaired) electrons. The van der Waals surface area contributed by atoms with E-state index in [-0.39, 0.29) is 5.91 Å².